The van der Waals surface area contributed by atoms with E-state index in [1.165, 1.54) is 48.6 Å². The Morgan fingerprint density at radius 3 is 2.23 bits per heavy atom. The summed E-state index contributed by atoms with van der Waals surface area (Å²) in [6, 6.07) is 4.14. The SMILES string of the molecule is CCn1c(=O)c2c(nc(NS(=O)(=O)c3ccc(OC)c(OC)c3)n2C)n(CC)c1=O. The van der Waals surface area contributed by atoms with Crippen LogP contribution in [0.5, 0.6) is 11.5 Å². The van der Waals surface area contributed by atoms with Crippen LogP contribution >= 0.6 is 0 Å². The molecule has 0 amide bonds. The van der Waals surface area contributed by atoms with Crippen LogP contribution in [0.25, 0.3) is 11.2 Å². The molecule has 1 aromatic carbocycles. The highest BCUT2D eigenvalue weighted by Gasteiger charge is 2.23. The quantitative estimate of drug-likeness (QED) is 0.578. The van der Waals surface area contributed by atoms with Crippen molar-refractivity contribution in [2.75, 3.05) is 18.9 Å². The van der Waals surface area contributed by atoms with Gasteiger partial charge < -0.3 is 14.0 Å². The molecule has 12 heteroatoms. The molecule has 0 fully saturated rings. The Kier molecular flexibility index (Phi) is 5.61. The third-order valence-electron chi connectivity index (χ3n) is 4.77. The summed E-state index contributed by atoms with van der Waals surface area (Å²) in [5.74, 6) is 0.537. The Morgan fingerprint density at radius 2 is 1.67 bits per heavy atom. The lowest BCUT2D eigenvalue weighted by Gasteiger charge is -2.11. The van der Waals surface area contributed by atoms with Crippen LogP contribution in [0.2, 0.25) is 0 Å². The topological polar surface area (TPSA) is 126 Å². The van der Waals surface area contributed by atoms with Crippen molar-refractivity contribution in [1.82, 2.24) is 18.7 Å². The largest absolute Gasteiger partial charge is 0.493 e. The number of imidazole rings is 1. The fourth-order valence-electron chi connectivity index (χ4n) is 3.18. The summed E-state index contributed by atoms with van der Waals surface area (Å²) in [4.78, 5) is 29.4. The van der Waals surface area contributed by atoms with Crippen LogP contribution in [-0.4, -0.2) is 41.3 Å². The van der Waals surface area contributed by atoms with E-state index in [9.17, 15) is 18.0 Å². The van der Waals surface area contributed by atoms with Gasteiger partial charge in [0.2, 0.25) is 5.95 Å². The molecule has 162 valence electrons. The predicted molar refractivity (Wildman–Crippen MR) is 111 cm³/mol. The summed E-state index contributed by atoms with van der Waals surface area (Å²) in [5, 5.41) is 0. The van der Waals surface area contributed by atoms with Crippen molar-refractivity contribution in [2.45, 2.75) is 31.8 Å². The van der Waals surface area contributed by atoms with Crippen molar-refractivity contribution in [3.8, 4) is 11.5 Å². The zero-order valence-electron chi connectivity index (χ0n) is 17.3. The van der Waals surface area contributed by atoms with Gasteiger partial charge >= 0.3 is 5.69 Å². The summed E-state index contributed by atoms with van der Waals surface area (Å²) < 4.78 is 42.2. The van der Waals surface area contributed by atoms with E-state index < -0.39 is 21.3 Å². The highest BCUT2D eigenvalue weighted by Crippen LogP contribution is 2.30. The van der Waals surface area contributed by atoms with Crippen molar-refractivity contribution in [1.29, 1.82) is 0 Å². The van der Waals surface area contributed by atoms with Crippen molar-refractivity contribution < 1.29 is 17.9 Å². The number of hydrogen-bond donors (Lipinski definition) is 1. The number of hydrogen-bond acceptors (Lipinski definition) is 7. The molecule has 0 aliphatic rings. The van der Waals surface area contributed by atoms with Crippen LogP contribution < -0.4 is 25.4 Å². The Morgan fingerprint density at radius 1 is 1.03 bits per heavy atom. The van der Waals surface area contributed by atoms with Gasteiger partial charge in [0, 0.05) is 26.2 Å². The fourth-order valence-corrected chi connectivity index (χ4v) is 4.23. The van der Waals surface area contributed by atoms with Gasteiger partial charge in [-0.3, -0.25) is 13.9 Å². The van der Waals surface area contributed by atoms with E-state index in [0.717, 1.165) is 4.57 Å². The molecule has 30 heavy (non-hydrogen) atoms. The monoisotopic (exact) mass is 437 g/mol. The third kappa shape index (κ3) is 3.32. The molecule has 3 aromatic rings. The second kappa shape index (κ2) is 7.86. The van der Waals surface area contributed by atoms with E-state index in [0.29, 0.717) is 5.75 Å². The van der Waals surface area contributed by atoms with E-state index in [2.05, 4.69) is 9.71 Å². The summed E-state index contributed by atoms with van der Waals surface area (Å²) in [6.45, 7) is 3.89. The number of rotatable bonds is 7. The van der Waals surface area contributed by atoms with Gasteiger partial charge in [0.05, 0.1) is 19.1 Å². The Balaban J connectivity index is 2.17. The molecule has 0 aliphatic heterocycles. The Bertz CT molecular complexity index is 1340. The van der Waals surface area contributed by atoms with E-state index >= 15 is 0 Å². The lowest BCUT2D eigenvalue weighted by atomic mass is 10.3. The van der Waals surface area contributed by atoms with Gasteiger partial charge in [-0.05, 0) is 26.0 Å². The van der Waals surface area contributed by atoms with Crippen molar-refractivity contribution in [2.24, 2.45) is 7.05 Å². The second-order valence-electron chi connectivity index (χ2n) is 6.37. The maximum atomic E-state index is 12.9. The summed E-state index contributed by atoms with van der Waals surface area (Å²) in [7, 11) is 0.286. The normalized spacial score (nSPS) is 11.6. The number of fused-ring (bicyclic) bond motifs is 1. The number of ether oxygens (including phenoxy) is 2. The maximum Gasteiger partial charge on any atom is 0.332 e. The Hall–Kier alpha value is -3.28. The van der Waals surface area contributed by atoms with Gasteiger partial charge in [0.1, 0.15) is 0 Å². The first-order chi connectivity index (χ1) is 14.2. The lowest BCUT2D eigenvalue weighted by molar-refractivity contribution is 0.354. The summed E-state index contributed by atoms with van der Waals surface area (Å²) >= 11 is 0. The number of benzene rings is 1. The van der Waals surface area contributed by atoms with Crippen LogP contribution in [0.3, 0.4) is 0 Å². The molecule has 0 aliphatic carbocycles. The zero-order valence-corrected chi connectivity index (χ0v) is 18.1. The molecule has 0 saturated carbocycles. The van der Waals surface area contributed by atoms with Crippen LogP contribution in [-0.2, 0) is 30.2 Å². The summed E-state index contributed by atoms with van der Waals surface area (Å²) in [6.07, 6.45) is 0. The van der Waals surface area contributed by atoms with E-state index in [1.54, 1.807) is 13.8 Å². The molecular weight excluding hydrogens is 414 g/mol. The van der Waals surface area contributed by atoms with Crippen LogP contribution in [0.4, 0.5) is 5.95 Å². The highest BCUT2D eigenvalue weighted by molar-refractivity contribution is 7.92. The van der Waals surface area contributed by atoms with Gasteiger partial charge in [-0.2, -0.15) is 4.98 Å². The number of nitrogens with zero attached hydrogens (tertiary/aromatic N) is 4. The molecule has 0 unspecified atom stereocenters. The maximum absolute atomic E-state index is 12.9. The lowest BCUT2D eigenvalue weighted by Crippen LogP contribution is -2.39. The first-order valence-electron chi connectivity index (χ1n) is 9.15. The van der Waals surface area contributed by atoms with Gasteiger partial charge in [-0.1, -0.05) is 0 Å². The second-order valence-corrected chi connectivity index (χ2v) is 8.05. The molecule has 2 heterocycles. The van der Waals surface area contributed by atoms with E-state index in [4.69, 9.17) is 9.47 Å². The standard InChI is InChI=1S/C18H23N5O6S/c1-6-22-15-14(16(24)23(7-2)18(22)25)21(3)17(19-15)20-30(26,27)11-8-9-12(28-4)13(10-11)29-5/h8-10H,6-7H2,1-5H3,(H,19,20). The number of sulfonamides is 1. The molecule has 0 radical (unpaired) electrons. The molecule has 11 nitrogen and oxygen atoms in total. The average Bonchev–Trinajstić information content (AvgIpc) is 3.03. The van der Waals surface area contributed by atoms with Gasteiger partial charge in [0.15, 0.2) is 22.7 Å². The zero-order chi connectivity index (χ0) is 22.2. The molecule has 2 aromatic heterocycles. The molecular formula is C18H23N5O6S. The highest BCUT2D eigenvalue weighted by atomic mass is 32.2. The number of aryl methyl sites for hydroxylation is 2. The first kappa shape index (κ1) is 21.4. The van der Waals surface area contributed by atoms with Crippen LogP contribution in [0, 0.1) is 0 Å². The minimum Gasteiger partial charge on any atom is -0.493 e. The molecule has 0 spiro atoms. The van der Waals surface area contributed by atoms with Gasteiger partial charge in [-0.25, -0.2) is 17.9 Å². The minimum atomic E-state index is -4.06. The minimum absolute atomic E-state index is 0.0777. The number of aromatic nitrogens is 4. The number of nitrogens with one attached hydrogen (secondary N) is 1. The molecule has 0 bridgehead atoms. The molecule has 1 N–H and O–H groups in total. The summed E-state index contributed by atoms with van der Waals surface area (Å²) in [5.41, 5.74) is -0.785. The van der Waals surface area contributed by atoms with E-state index in [1.807, 2.05) is 0 Å². The van der Waals surface area contributed by atoms with Gasteiger partial charge in [-0.15, -0.1) is 0 Å². The van der Waals surface area contributed by atoms with E-state index in [-0.39, 0.29) is 40.8 Å². The van der Waals surface area contributed by atoms with Crippen molar-refractivity contribution >= 4 is 27.1 Å². The average molecular weight is 437 g/mol. The van der Waals surface area contributed by atoms with Crippen molar-refractivity contribution in [3.05, 3.63) is 39.0 Å². The Labute approximate surface area is 172 Å². The fraction of sp³-hybridized carbons (Fsp3) is 0.389. The predicted octanol–water partition coefficient (Wildman–Crippen LogP) is 0.754. The molecule has 3 rings (SSSR count). The van der Waals surface area contributed by atoms with Gasteiger partial charge in [0.25, 0.3) is 15.6 Å². The number of anilines is 1. The first-order valence-corrected chi connectivity index (χ1v) is 10.6. The smallest absolute Gasteiger partial charge is 0.332 e. The number of methoxy groups -OCH3 is 2. The van der Waals surface area contributed by atoms with Crippen LogP contribution in [0.15, 0.2) is 32.7 Å². The molecule has 0 atom stereocenters. The molecule has 0 saturated heterocycles. The third-order valence-corrected chi connectivity index (χ3v) is 6.09. The van der Waals surface area contributed by atoms with Crippen LogP contribution in [0.1, 0.15) is 13.8 Å². The van der Waals surface area contributed by atoms with Crippen molar-refractivity contribution in [3.63, 3.8) is 0 Å².